The average molecular weight is 198 g/mol. The monoisotopic (exact) mass is 198 g/mol. The van der Waals surface area contributed by atoms with Gasteiger partial charge in [0.1, 0.15) is 12.2 Å². The summed E-state index contributed by atoms with van der Waals surface area (Å²) in [6.45, 7) is 5.38. The van der Waals surface area contributed by atoms with E-state index in [-0.39, 0.29) is 18.2 Å². The second-order valence-electron chi connectivity index (χ2n) is 3.60. The largest absolute Gasteiger partial charge is 0.492 e. The lowest BCUT2D eigenvalue weighted by Crippen LogP contribution is -2.33. The molecule has 0 radical (unpaired) electrons. The zero-order chi connectivity index (χ0) is 10.6. The van der Waals surface area contributed by atoms with Crippen LogP contribution in [0.15, 0.2) is 11.8 Å². The smallest absolute Gasteiger partial charge is 0.303 e. The number of carbonyl (C=O) groups excluding carboxylic acids is 1. The Morgan fingerprint density at radius 3 is 3.00 bits per heavy atom. The van der Waals surface area contributed by atoms with Gasteiger partial charge in [-0.3, -0.25) is 4.79 Å². The van der Waals surface area contributed by atoms with Gasteiger partial charge in [-0.15, -0.1) is 0 Å². The molecule has 1 aliphatic heterocycles. The van der Waals surface area contributed by atoms with Gasteiger partial charge in [-0.1, -0.05) is 6.92 Å². The van der Waals surface area contributed by atoms with E-state index >= 15 is 0 Å². The molecule has 0 fully saturated rings. The van der Waals surface area contributed by atoms with E-state index in [1.807, 2.05) is 13.8 Å². The van der Waals surface area contributed by atoms with Crippen LogP contribution in [0.3, 0.4) is 0 Å². The van der Waals surface area contributed by atoms with Crippen molar-refractivity contribution in [3.05, 3.63) is 11.8 Å². The number of allylic oxidation sites excluding steroid dienone is 2. The maximum atomic E-state index is 10.8. The van der Waals surface area contributed by atoms with Gasteiger partial charge in [-0.25, -0.2) is 0 Å². The molecule has 0 bridgehead atoms. The Kier molecular flexibility index (Phi) is 3.98. The second-order valence-corrected chi connectivity index (χ2v) is 3.60. The third-order valence-corrected chi connectivity index (χ3v) is 2.35. The fourth-order valence-corrected chi connectivity index (χ4v) is 1.69. The molecule has 0 saturated heterocycles. The van der Waals surface area contributed by atoms with Crippen molar-refractivity contribution in [1.82, 2.24) is 0 Å². The molecule has 0 unspecified atom stereocenters. The Bertz CT molecular complexity index is 233. The topological polar surface area (TPSA) is 35.5 Å². The first-order valence-electron chi connectivity index (χ1n) is 5.14. The van der Waals surface area contributed by atoms with E-state index in [1.165, 1.54) is 6.92 Å². The number of hydrogen-bond acceptors (Lipinski definition) is 3. The molecule has 0 aromatic carbocycles. The van der Waals surface area contributed by atoms with Crippen molar-refractivity contribution in [3.8, 4) is 0 Å². The highest BCUT2D eigenvalue weighted by atomic mass is 16.6. The molecule has 14 heavy (non-hydrogen) atoms. The molecule has 1 rings (SSSR count). The molecule has 0 aliphatic carbocycles. The Morgan fingerprint density at radius 1 is 1.79 bits per heavy atom. The van der Waals surface area contributed by atoms with Gasteiger partial charge < -0.3 is 9.47 Å². The van der Waals surface area contributed by atoms with Crippen LogP contribution in [0.2, 0.25) is 0 Å². The van der Waals surface area contributed by atoms with E-state index in [0.29, 0.717) is 0 Å². The van der Waals surface area contributed by atoms with Crippen molar-refractivity contribution in [2.24, 2.45) is 0 Å². The zero-order valence-corrected chi connectivity index (χ0v) is 9.08. The predicted octanol–water partition coefficient (Wildman–Crippen LogP) is 2.41. The minimum absolute atomic E-state index is 0.0360. The van der Waals surface area contributed by atoms with Gasteiger partial charge in [0.15, 0.2) is 0 Å². The number of esters is 1. The molecule has 0 N–H and O–H groups in total. The summed E-state index contributed by atoms with van der Waals surface area (Å²) in [7, 11) is 0. The highest BCUT2D eigenvalue weighted by molar-refractivity contribution is 5.66. The van der Waals surface area contributed by atoms with Gasteiger partial charge in [-0.05, 0) is 32.3 Å². The number of hydrogen-bond donors (Lipinski definition) is 0. The summed E-state index contributed by atoms with van der Waals surface area (Å²) in [4.78, 5) is 10.8. The van der Waals surface area contributed by atoms with Crippen LogP contribution >= 0.6 is 0 Å². The van der Waals surface area contributed by atoms with E-state index in [9.17, 15) is 4.79 Å². The van der Waals surface area contributed by atoms with E-state index in [0.717, 1.165) is 25.0 Å². The van der Waals surface area contributed by atoms with Crippen LogP contribution in [-0.4, -0.2) is 18.2 Å². The molecule has 80 valence electrons. The SMILES string of the molecule is CC[C@@H](OC(C)=O)[C@H]1CCC=C(C)O1. The third kappa shape index (κ3) is 3.05. The van der Waals surface area contributed by atoms with Crippen LogP contribution in [0, 0.1) is 0 Å². The van der Waals surface area contributed by atoms with Crippen LogP contribution < -0.4 is 0 Å². The predicted molar refractivity (Wildman–Crippen MR) is 53.7 cm³/mol. The third-order valence-electron chi connectivity index (χ3n) is 2.35. The molecule has 0 aromatic rings. The number of carbonyl (C=O) groups is 1. The highest BCUT2D eigenvalue weighted by Crippen LogP contribution is 2.22. The number of ether oxygens (including phenoxy) is 2. The van der Waals surface area contributed by atoms with Gasteiger partial charge in [0.2, 0.25) is 0 Å². The summed E-state index contributed by atoms with van der Waals surface area (Å²) in [5.74, 6) is 0.708. The van der Waals surface area contributed by atoms with E-state index in [1.54, 1.807) is 0 Å². The zero-order valence-electron chi connectivity index (χ0n) is 9.08. The number of rotatable bonds is 3. The van der Waals surface area contributed by atoms with Crippen molar-refractivity contribution >= 4 is 5.97 Å². The van der Waals surface area contributed by atoms with E-state index in [2.05, 4.69) is 6.08 Å². The molecular formula is C11H18O3. The van der Waals surface area contributed by atoms with Gasteiger partial charge in [-0.2, -0.15) is 0 Å². The van der Waals surface area contributed by atoms with Gasteiger partial charge >= 0.3 is 5.97 Å². The fraction of sp³-hybridized carbons (Fsp3) is 0.727. The Balaban J connectivity index is 2.52. The lowest BCUT2D eigenvalue weighted by atomic mass is 10.0. The quantitative estimate of drug-likeness (QED) is 0.653. The molecule has 0 aromatic heterocycles. The summed E-state index contributed by atoms with van der Waals surface area (Å²) >= 11 is 0. The van der Waals surface area contributed by atoms with E-state index < -0.39 is 0 Å². The minimum atomic E-state index is -0.229. The van der Waals surface area contributed by atoms with Crippen molar-refractivity contribution in [1.29, 1.82) is 0 Å². The summed E-state index contributed by atoms with van der Waals surface area (Å²) in [6.07, 6.45) is 4.75. The minimum Gasteiger partial charge on any atom is -0.492 e. The first-order chi connectivity index (χ1) is 6.63. The Labute approximate surface area is 85.1 Å². The first kappa shape index (κ1) is 11.1. The molecule has 0 spiro atoms. The van der Waals surface area contributed by atoms with Gasteiger partial charge in [0.25, 0.3) is 0 Å². The fourth-order valence-electron chi connectivity index (χ4n) is 1.69. The molecule has 0 amide bonds. The van der Waals surface area contributed by atoms with Crippen LogP contribution in [0.1, 0.15) is 40.0 Å². The van der Waals surface area contributed by atoms with Crippen molar-refractivity contribution in [2.75, 3.05) is 0 Å². The molecule has 3 heteroatoms. The first-order valence-corrected chi connectivity index (χ1v) is 5.14. The van der Waals surface area contributed by atoms with E-state index in [4.69, 9.17) is 9.47 Å². The summed E-state index contributed by atoms with van der Waals surface area (Å²) in [6, 6.07) is 0. The highest BCUT2D eigenvalue weighted by Gasteiger charge is 2.25. The lowest BCUT2D eigenvalue weighted by molar-refractivity contribution is -0.154. The summed E-state index contributed by atoms with van der Waals surface area (Å²) < 4.78 is 10.8. The van der Waals surface area contributed by atoms with Gasteiger partial charge in [0.05, 0.1) is 5.76 Å². The van der Waals surface area contributed by atoms with Crippen LogP contribution in [0.4, 0.5) is 0 Å². The lowest BCUT2D eigenvalue weighted by Gasteiger charge is -2.29. The van der Waals surface area contributed by atoms with Crippen LogP contribution in [0.5, 0.6) is 0 Å². The second kappa shape index (κ2) is 5.03. The Hall–Kier alpha value is -0.990. The summed E-state index contributed by atoms with van der Waals surface area (Å²) in [5.41, 5.74) is 0. The molecule has 3 nitrogen and oxygen atoms in total. The maximum Gasteiger partial charge on any atom is 0.303 e. The van der Waals surface area contributed by atoms with Gasteiger partial charge in [0, 0.05) is 6.92 Å². The molecule has 1 heterocycles. The molecular weight excluding hydrogens is 180 g/mol. The van der Waals surface area contributed by atoms with Crippen LogP contribution in [0.25, 0.3) is 0 Å². The molecule has 2 atom stereocenters. The maximum absolute atomic E-state index is 10.8. The van der Waals surface area contributed by atoms with Crippen LogP contribution in [-0.2, 0) is 14.3 Å². The van der Waals surface area contributed by atoms with Crippen molar-refractivity contribution in [3.63, 3.8) is 0 Å². The van der Waals surface area contributed by atoms with Crippen molar-refractivity contribution in [2.45, 2.75) is 52.2 Å². The van der Waals surface area contributed by atoms with Crippen molar-refractivity contribution < 1.29 is 14.3 Å². The normalized spacial score (nSPS) is 23.4. The molecule has 1 aliphatic rings. The summed E-state index contributed by atoms with van der Waals surface area (Å²) in [5, 5.41) is 0. The molecule has 0 saturated carbocycles. The average Bonchev–Trinajstić information content (AvgIpc) is 2.14. The standard InChI is InChI=1S/C11H18O3/c1-4-10(14-9(3)12)11-7-5-6-8(2)13-11/h6,10-11H,4-5,7H2,1-3H3/t10-,11-/m1/s1. The Morgan fingerprint density at radius 2 is 2.50 bits per heavy atom.